The molecule has 1 aromatic carbocycles. The number of carbonyl (C=O) groups excluding carboxylic acids is 1. The van der Waals surface area contributed by atoms with E-state index in [1.807, 2.05) is 0 Å². The number of amides is 1. The van der Waals surface area contributed by atoms with E-state index in [2.05, 4.69) is 0 Å². The molecule has 2 fully saturated rings. The number of benzene rings is 1. The van der Waals surface area contributed by atoms with Crippen molar-refractivity contribution in [2.75, 3.05) is 37.7 Å². The first-order chi connectivity index (χ1) is 14.3. The standard InChI is InChI=1S/C18H24F3N3O5S2/c19-18(20,21)15-9-14(17(25)23-4-6-30(26,27)7-5-23)11-24(12-15)31(28,29)16-3-1-2-13(8-16)10-22/h1-3,8,14-15H,4-7,9-12,22H2. The predicted octanol–water partition coefficient (Wildman–Crippen LogP) is 0.591. The minimum absolute atomic E-state index is 0.0630. The van der Waals surface area contributed by atoms with E-state index in [0.717, 1.165) is 0 Å². The topological polar surface area (TPSA) is 118 Å². The van der Waals surface area contributed by atoms with Crippen LogP contribution in [0.1, 0.15) is 12.0 Å². The fourth-order valence-electron chi connectivity index (χ4n) is 3.84. The molecule has 13 heteroatoms. The zero-order valence-electron chi connectivity index (χ0n) is 16.6. The summed E-state index contributed by atoms with van der Waals surface area (Å²) in [6.07, 6.45) is -5.22. The lowest BCUT2D eigenvalue weighted by Crippen LogP contribution is -2.54. The summed E-state index contributed by atoms with van der Waals surface area (Å²) in [5, 5.41) is 0. The molecule has 2 aliphatic heterocycles. The Kier molecular flexibility index (Phi) is 6.71. The third-order valence-electron chi connectivity index (χ3n) is 5.66. The van der Waals surface area contributed by atoms with Crippen molar-refractivity contribution in [3.05, 3.63) is 29.8 Å². The van der Waals surface area contributed by atoms with Crippen molar-refractivity contribution in [1.82, 2.24) is 9.21 Å². The van der Waals surface area contributed by atoms with Gasteiger partial charge in [0.15, 0.2) is 9.84 Å². The number of alkyl halides is 3. The Balaban J connectivity index is 1.88. The normalized spacial score (nSPS) is 25.4. The first kappa shape index (κ1) is 24.0. The second-order valence-electron chi connectivity index (χ2n) is 7.82. The van der Waals surface area contributed by atoms with Crippen LogP contribution in [0.5, 0.6) is 0 Å². The summed E-state index contributed by atoms with van der Waals surface area (Å²) >= 11 is 0. The molecule has 2 atom stereocenters. The number of carbonyl (C=O) groups is 1. The van der Waals surface area contributed by atoms with Crippen LogP contribution in [0.2, 0.25) is 0 Å². The molecule has 2 N–H and O–H groups in total. The Morgan fingerprint density at radius 2 is 1.81 bits per heavy atom. The van der Waals surface area contributed by atoms with Crippen LogP contribution in [0.15, 0.2) is 29.2 Å². The molecular weight excluding hydrogens is 459 g/mol. The van der Waals surface area contributed by atoms with Crippen LogP contribution in [0.3, 0.4) is 0 Å². The number of piperidine rings is 1. The fourth-order valence-corrected chi connectivity index (χ4v) is 6.65. The Hall–Kier alpha value is -1.70. The smallest absolute Gasteiger partial charge is 0.340 e. The van der Waals surface area contributed by atoms with Crippen molar-refractivity contribution < 1.29 is 34.8 Å². The minimum atomic E-state index is -4.68. The van der Waals surface area contributed by atoms with E-state index >= 15 is 0 Å². The number of nitrogens with zero attached hydrogens (tertiary/aromatic N) is 2. The van der Waals surface area contributed by atoms with Gasteiger partial charge in [-0.15, -0.1) is 0 Å². The summed E-state index contributed by atoms with van der Waals surface area (Å²) in [5.74, 6) is -4.39. The summed E-state index contributed by atoms with van der Waals surface area (Å²) < 4.78 is 90.7. The molecule has 0 aliphatic carbocycles. The van der Waals surface area contributed by atoms with E-state index in [4.69, 9.17) is 5.73 Å². The van der Waals surface area contributed by atoms with Crippen LogP contribution >= 0.6 is 0 Å². The second kappa shape index (κ2) is 8.68. The van der Waals surface area contributed by atoms with E-state index in [1.54, 1.807) is 6.07 Å². The van der Waals surface area contributed by atoms with Gasteiger partial charge in [0, 0.05) is 32.7 Å². The van der Waals surface area contributed by atoms with Gasteiger partial charge in [-0.25, -0.2) is 16.8 Å². The van der Waals surface area contributed by atoms with Gasteiger partial charge < -0.3 is 10.6 Å². The minimum Gasteiger partial charge on any atom is -0.340 e. The quantitative estimate of drug-likeness (QED) is 0.670. The van der Waals surface area contributed by atoms with Crippen molar-refractivity contribution in [2.24, 2.45) is 17.6 Å². The summed E-state index contributed by atoms with van der Waals surface area (Å²) in [5.41, 5.74) is 6.04. The number of sulfone groups is 1. The molecule has 0 bridgehead atoms. The monoisotopic (exact) mass is 483 g/mol. The Morgan fingerprint density at radius 1 is 1.16 bits per heavy atom. The zero-order valence-corrected chi connectivity index (χ0v) is 18.2. The third-order valence-corrected chi connectivity index (χ3v) is 9.09. The lowest BCUT2D eigenvalue weighted by atomic mass is 9.89. The highest BCUT2D eigenvalue weighted by molar-refractivity contribution is 7.91. The molecule has 0 radical (unpaired) electrons. The summed E-state index contributed by atoms with van der Waals surface area (Å²) in [4.78, 5) is 13.9. The lowest BCUT2D eigenvalue weighted by molar-refractivity contribution is -0.188. The van der Waals surface area contributed by atoms with E-state index in [0.29, 0.717) is 9.87 Å². The molecule has 2 heterocycles. The molecule has 31 heavy (non-hydrogen) atoms. The van der Waals surface area contributed by atoms with Gasteiger partial charge in [-0.1, -0.05) is 12.1 Å². The van der Waals surface area contributed by atoms with E-state index in [-0.39, 0.29) is 36.0 Å². The number of rotatable bonds is 4. The van der Waals surface area contributed by atoms with E-state index in [1.165, 1.54) is 23.1 Å². The largest absolute Gasteiger partial charge is 0.393 e. The molecule has 0 spiro atoms. The first-order valence-corrected chi connectivity index (χ1v) is 12.9. The number of halogens is 3. The molecule has 174 valence electrons. The fraction of sp³-hybridized carbons (Fsp3) is 0.611. The van der Waals surface area contributed by atoms with E-state index in [9.17, 15) is 34.8 Å². The Labute approximate surface area is 179 Å². The number of nitrogens with two attached hydrogens (primary N) is 1. The average Bonchev–Trinajstić information content (AvgIpc) is 2.72. The summed E-state index contributed by atoms with van der Waals surface area (Å²) in [6.45, 7) is -1.34. The highest BCUT2D eigenvalue weighted by atomic mass is 32.2. The first-order valence-electron chi connectivity index (χ1n) is 9.68. The molecule has 1 amide bonds. The molecule has 8 nitrogen and oxygen atoms in total. The van der Waals surface area contributed by atoms with Crippen molar-refractivity contribution in [3.8, 4) is 0 Å². The summed E-state index contributed by atoms with van der Waals surface area (Å²) in [6, 6.07) is 5.64. The van der Waals surface area contributed by atoms with Crippen LogP contribution < -0.4 is 5.73 Å². The van der Waals surface area contributed by atoms with Gasteiger partial charge in [-0.05, 0) is 24.1 Å². The highest BCUT2D eigenvalue weighted by Gasteiger charge is 2.49. The van der Waals surface area contributed by atoms with Crippen molar-refractivity contribution in [2.45, 2.75) is 24.0 Å². The van der Waals surface area contributed by atoms with Crippen LogP contribution in [-0.4, -0.2) is 75.8 Å². The van der Waals surface area contributed by atoms with Gasteiger partial charge in [0.1, 0.15) is 0 Å². The molecule has 2 saturated heterocycles. The average molecular weight is 484 g/mol. The maximum absolute atomic E-state index is 13.6. The van der Waals surface area contributed by atoms with E-state index < -0.39 is 63.3 Å². The van der Waals surface area contributed by atoms with Crippen LogP contribution in [0.4, 0.5) is 13.2 Å². The number of hydrogen-bond acceptors (Lipinski definition) is 6. The van der Waals surface area contributed by atoms with Gasteiger partial charge in [0.25, 0.3) is 0 Å². The zero-order chi connectivity index (χ0) is 23.0. The van der Waals surface area contributed by atoms with Gasteiger partial charge in [-0.2, -0.15) is 17.5 Å². The van der Waals surface area contributed by atoms with Crippen LogP contribution in [0, 0.1) is 11.8 Å². The Bertz CT molecular complexity index is 1030. The molecule has 0 aromatic heterocycles. The second-order valence-corrected chi connectivity index (χ2v) is 12.1. The Morgan fingerprint density at radius 3 is 2.39 bits per heavy atom. The van der Waals surface area contributed by atoms with Gasteiger partial charge in [0.2, 0.25) is 15.9 Å². The van der Waals surface area contributed by atoms with Gasteiger partial charge in [-0.3, -0.25) is 4.79 Å². The van der Waals surface area contributed by atoms with Gasteiger partial charge >= 0.3 is 6.18 Å². The molecule has 0 saturated carbocycles. The predicted molar refractivity (Wildman–Crippen MR) is 106 cm³/mol. The molecular formula is C18H24F3N3O5S2. The lowest BCUT2D eigenvalue weighted by Gasteiger charge is -2.39. The number of sulfonamides is 1. The molecule has 2 unspecified atom stereocenters. The maximum Gasteiger partial charge on any atom is 0.393 e. The number of hydrogen-bond donors (Lipinski definition) is 1. The SMILES string of the molecule is NCc1cccc(S(=O)(=O)N2CC(C(=O)N3CCS(=O)(=O)CC3)CC(C(F)(F)F)C2)c1. The summed E-state index contributed by atoms with van der Waals surface area (Å²) in [7, 11) is -7.57. The van der Waals surface area contributed by atoms with Crippen molar-refractivity contribution in [1.29, 1.82) is 0 Å². The van der Waals surface area contributed by atoms with Crippen LogP contribution in [0.25, 0.3) is 0 Å². The van der Waals surface area contributed by atoms with Crippen LogP contribution in [-0.2, 0) is 31.2 Å². The van der Waals surface area contributed by atoms with Gasteiger partial charge in [0.05, 0.1) is 28.2 Å². The van der Waals surface area contributed by atoms with Crippen molar-refractivity contribution >= 4 is 25.8 Å². The van der Waals surface area contributed by atoms with Crippen molar-refractivity contribution in [3.63, 3.8) is 0 Å². The molecule has 2 aliphatic rings. The highest BCUT2D eigenvalue weighted by Crippen LogP contribution is 2.38. The molecule has 1 aromatic rings. The third kappa shape index (κ3) is 5.38. The molecule has 3 rings (SSSR count). The maximum atomic E-state index is 13.6.